The Morgan fingerprint density at radius 3 is 0.982 bits per heavy atom. The van der Waals surface area contributed by atoms with E-state index >= 15 is 0 Å². The fourth-order valence-corrected chi connectivity index (χ4v) is 8.31. The Labute approximate surface area is 334 Å². The van der Waals surface area contributed by atoms with Crippen molar-refractivity contribution in [3.63, 3.8) is 0 Å². The van der Waals surface area contributed by atoms with E-state index in [0.717, 1.165) is 22.6 Å². The molecule has 0 aliphatic rings. The lowest BCUT2D eigenvalue weighted by molar-refractivity contribution is 1.28. The zero-order chi connectivity index (χ0) is 38.0. The number of fused-ring (bicyclic) bond motifs is 3. The van der Waals surface area contributed by atoms with Crippen molar-refractivity contribution in [1.82, 2.24) is 0 Å². The molecule has 1 heteroatoms. The minimum absolute atomic E-state index is 1.10. The lowest BCUT2D eigenvalue weighted by Gasteiger charge is -2.26. The van der Waals surface area contributed by atoms with Crippen LogP contribution in [0.15, 0.2) is 237 Å². The molecule has 1 nitrogen and oxygen atoms in total. The minimum atomic E-state index is 1.10. The van der Waals surface area contributed by atoms with Gasteiger partial charge in [0.15, 0.2) is 0 Å². The predicted molar refractivity (Wildman–Crippen MR) is 243 cm³/mol. The molecule has 57 heavy (non-hydrogen) atoms. The van der Waals surface area contributed by atoms with Gasteiger partial charge in [0.05, 0.1) is 0 Å². The van der Waals surface area contributed by atoms with Crippen LogP contribution in [0, 0.1) is 0 Å². The number of anilines is 3. The number of nitrogens with zero attached hydrogens (tertiary/aromatic N) is 1. The van der Waals surface area contributed by atoms with Crippen LogP contribution in [0.3, 0.4) is 0 Å². The second kappa shape index (κ2) is 15.0. The van der Waals surface area contributed by atoms with E-state index in [-0.39, 0.29) is 0 Å². The zero-order valence-corrected chi connectivity index (χ0v) is 31.5. The van der Waals surface area contributed by atoms with Crippen molar-refractivity contribution in [2.24, 2.45) is 0 Å². The first-order valence-corrected chi connectivity index (χ1v) is 19.6. The maximum atomic E-state index is 2.36. The van der Waals surface area contributed by atoms with E-state index in [1.807, 2.05) is 0 Å². The van der Waals surface area contributed by atoms with E-state index in [1.165, 1.54) is 71.6 Å². The highest BCUT2D eigenvalue weighted by Gasteiger charge is 2.18. The van der Waals surface area contributed by atoms with Crippen molar-refractivity contribution in [2.45, 2.75) is 0 Å². The van der Waals surface area contributed by atoms with Crippen molar-refractivity contribution < 1.29 is 0 Å². The summed E-state index contributed by atoms with van der Waals surface area (Å²) in [6, 6.07) is 85.5. The fraction of sp³-hybridized carbons (Fsp3) is 0. The average molecular weight is 726 g/mol. The molecule has 0 fully saturated rings. The van der Waals surface area contributed by atoms with Crippen LogP contribution < -0.4 is 4.90 Å². The van der Waals surface area contributed by atoms with Gasteiger partial charge in [-0.1, -0.05) is 200 Å². The lowest BCUT2D eigenvalue weighted by atomic mass is 9.85. The van der Waals surface area contributed by atoms with Gasteiger partial charge < -0.3 is 4.90 Å². The summed E-state index contributed by atoms with van der Waals surface area (Å²) in [7, 11) is 0. The zero-order valence-electron chi connectivity index (χ0n) is 31.5. The molecule has 0 aliphatic heterocycles. The van der Waals surface area contributed by atoms with E-state index in [9.17, 15) is 0 Å². The van der Waals surface area contributed by atoms with Crippen molar-refractivity contribution in [3.05, 3.63) is 237 Å². The summed E-state index contributed by atoms with van der Waals surface area (Å²) in [6.45, 7) is 0. The van der Waals surface area contributed by atoms with Gasteiger partial charge in [0, 0.05) is 17.1 Å². The smallest absolute Gasteiger partial charge is 0.0467 e. The maximum Gasteiger partial charge on any atom is 0.0467 e. The first-order chi connectivity index (χ1) is 28.3. The van der Waals surface area contributed by atoms with Crippen LogP contribution in [-0.2, 0) is 0 Å². The highest BCUT2D eigenvalue weighted by Crippen LogP contribution is 2.45. The van der Waals surface area contributed by atoms with Crippen molar-refractivity contribution in [3.8, 4) is 55.6 Å². The normalized spacial score (nSPS) is 11.2. The number of hydrogen-bond donors (Lipinski definition) is 0. The maximum absolute atomic E-state index is 2.36. The standard InChI is InChI=1S/C56H39N/c1-4-15-40(16-5-1)42-31-35-48(36-32-42)57(49-37-33-43(34-38-49)41-17-6-2-7-18-41)50-22-14-21-47(39-50)44-27-29-46(30-28-44)56-54-26-13-11-24-52(54)51-23-10-12-25-53(51)55(56)45-19-8-3-9-20-45/h1-39H. The highest BCUT2D eigenvalue weighted by molar-refractivity contribution is 6.21. The van der Waals surface area contributed by atoms with Crippen LogP contribution >= 0.6 is 0 Å². The average Bonchev–Trinajstić information content (AvgIpc) is 3.30. The molecule has 0 aromatic heterocycles. The van der Waals surface area contributed by atoms with Crippen molar-refractivity contribution in [2.75, 3.05) is 4.90 Å². The predicted octanol–water partition coefficient (Wildman–Crippen LogP) is 15.8. The largest absolute Gasteiger partial charge is 0.310 e. The Balaban J connectivity index is 1.06. The molecule has 268 valence electrons. The SMILES string of the molecule is c1ccc(-c2ccc(N(c3ccc(-c4ccccc4)cc3)c3cccc(-c4ccc(-c5c(-c6ccccc6)c6ccccc6c6ccccc56)cc4)c3)cc2)cc1. The molecule has 10 aromatic carbocycles. The van der Waals surface area contributed by atoms with Crippen LogP contribution in [0.25, 0.3) is 77.2 Å². The number of rotatable bonds is 8. The van der Waals surface area contributed by atoms with Crippen molar-refractivity contribution in [1.29, 1.82) is 0 Å². The highest BCUT2D eigenvalue weighted by atomic mass is 15.1. The molecule has 0 saturated carbocycles. The molecule has 0 spiro atoms. The fourth-order valence-electron chi connectivity index (χ4n) is 8.31. The van der Waals surface area contributed by atoms with Gasteiger partial charge in [-0.2, -0.15) is 0 Å². The third-order valence-electron chi connectivity index (χ3n) is 11.1. The quantitative estimate of drug-likeness (QED) is 0.141. The molecule has 0 bridgehead atoms. The molecule has 0 aliphatic carbocycles. The Morgan fingerprint density at radius 1 is 0.193 bits per heavy atom. The number of hydrogen-bond acceptors (Lipinski definition) is 1. The summed E-state index contributed by atoms with van der Waals surface area (Å²) in [5, 5.41) is 5.08. The Morgan fingerprint density at radius 2 is 0.509 bits per heavy atom. The van der Waals surface area contributed by atoms with Crippen LogP contribution in [0.4, 0.5) is 17.1 Å². The van der Waals surface area contributed by atoms with Gasteiger partial charge in [0.25, 0.3) is 0 Å². The van der Waals surface area contributed by atoms with Gasteiger partial charge >= 0.3 is 0 Å². The molecule has 0 radical (unpaired) electrons. The molecule has 10 aromatic rings. The van der Waals surface area contributed by atoms with Crippen LogP contribution in [0.2, 0.25) is 0 Å². The molecular weight excluding hydrogens is 687 g/mol. The van der Waals surface area contributed by atoms with E-state index in [0.29, 0.717) is 0 Å². The monoisotopic (exact) mass is 725 g/mol. The van der Waals surface area contributed by atoms with Crippen LogP contribution in [0.5, 0.6) is 0 Å². The van der Waals surface area contributed by atoms with Gasteiger partial charge in [-0.25, -0.2) is 0 Å². The van der Waals surface area contributed by atoms with Gasteiger partial charge in [-0.3, -0.25) is 0 Å². The van der Waals surface area contributed by atoms with E-state index in [4.69, 9.17) is 0 Å². The molecule has 0 unspecified atom stereocenters. The Kier molecular flexibility index (Phi) is 8.95. The minimum Gasteiger partial charge on any atom is -0.310 e. The first-order valence-electron chi connectivity index (χ1n) is 19.6. The van der Waals surface area contributed by atoms with Gasteiger partial charge in [-0.15, -0.1) is 0 Å². The Bertz CT molecular complexity index is 2870. The van der Waals surface area contributed by atoms with Crippen LogP contribution in [-0.4, -0.2) is 0 Å². The molecule has 10 rings (SSSR count). The van der Waals surface area contributed by atoms with Crippen LogP contribution in [0.1, 0.15) is 0 Å². The van der Waals surface area contributed by atoms with Gasteiger partial charge in [-0.05, 0) is 114 Å². The molecule has 0 amide bonds. The lowest BCUT2D eigenvalue weighted by Crippen LogP contribution is -2.10. The second-order valence-corrected chi connectivity index (χ2v) is 14.5. The molecular formula is C56H39N. The molecule has 0 atom stereocenters. The Hall–Kier alpha value is -7.48. The van der Waals surface area contributed by atoms with Crippen molar-refractivity contribution >= 4 is 38.6 Å². The second-order valence-electron chi connectivity index (χ2n) is 14.5. The van der Waals surface area contributed by atoms with E-state index < -0.39 is 0 Å². The molecule has 0 heterocycles. The summed E-state index contributed by atoms with van der Waals surface area (Å²) in [5.74, 6) is 0. The summed E-state index contributed by atoms with van der Waals surface area (Å²) in [5.41, 5.74) is 15.4. The number of benzene rings is 10. The first kappa shape index (κ1) is 34.0. The summed E-state index contributed by atoms with van der Waals surface area (Å²) >= 11 is 0. The van der Waals surface area contributed by atoms with E-state index in [2.05, 4.69) is 241 Å². The summed E-state index contributed by atoms with van der Waals surface area (Å²) in [4.78, 5) is 2.36. The van der Waals surface area contributed by atoms with Gasteiger partial charge in [0.2, 0.25) is 0 Å². The topological polar surface area (TPSA) is 3.24 Å². The molecule has 0 N–H and O–H groups in total. The third-order valence-corrected chi connectivity index (χ3v) is 11.1. The summed E-state index contributed by atoms with van der Waals surface area (Å²) in [6.07, 6.45) is 0. The molecule has 0 saturated heterocycles. The van der Waals surface area contributed by atoms with E-state index in [1.54, 1.807) is 0 Å². The third kappa shape index (κ3) is 6.56. The van der Waals surface area contributed by atoms with Gasteiger partial charge in [0.1, 0.15) is 0 Å². The summed E-state index contributed by atoms with van der Waals surface area (Å²) < 4.78 is 0.